The van der Waals surface area contributed by atoms with Crippen LogP contribution in [0.4, 0.5) is 18.9 Å². The third-order valence-corrected chi connectivity index (χ3v) is 5.52. The van der Waals surface area contributed by atoms with Gasteiger partial charge in [-0.1, -0.05) is 5.16 Å². The van der Waals surface area contributed by atoms with Crippen molar-refractivity contribution in [3.63, 3.8) is 0 Å². The van der Waals surface area contributed by atoms with Crippen molar-refractivity contribution in [1.82, 2.24) is 9.88 Å². The molecule has 1 aliphatic carbocycles. The van der Waals surface area contributed by atoms with Crippen molar-refractivity contribution in [2.24, 2.45) is 0 Å². The van der Waals surface area contributed by atoms with Gasteiger partial charge in [-0.3, -0.25) is 4.79 Å². The summed E-state index contributed by atoms with van der Waals surface area (Å²) >= 11 is 0. The molecule has 1 aliphatic heterocycles. The van der Waals surface area contributed by atoms with E-state index in [0.29, 0.717) is 4.31 Å². The molecule has 1 saturated carbocycles. The van der Waals surface area contributed by atoms with Crippen LogP contribution in [0.5, 0.6) is 5.75 Å². The molecule has 26 heavy (non-hydrogen) atoms. The standard InChI is InChI=1S/C14H10F3N3O5S/c15-12-6(10-3-8(18-25-10)7-4-14(7,16)17)1-2-9(21)13(12)20-5-11(22)19-26(20,23)24/h1-3,7,21H,4-5H2,(H,19,22). The van der Waals surface area contributed by atoms with Crippen LogP contribution < -0.4 is 9.03 Å². The van der Waals surface area contributed by atoms with E-state index in [1.807, 2.05) is 0 Å². The molecule has 1 atom stereocenters. The molecule has 2 aromatic rings. The molecule has 2 aliphatic rings. The first-order valence-corrected chi connectivity index (χ1v) is 8.74. The number of carbonyl (C=O) groups is 1. The van der Waals surface area contributed by atoms with Crippen LogP contribution in [0, 0.1) is 5.82 Å². The predicted molar refractivity (Wildman–Crippen MR) is 80.3 cm³/mol. The lowest BCUT2D eigenvalue weighted by Crippen LogP contribution is -2.30. The minimum atomic E-state index is -4.36. The van der Waals surface area contributed by atoms with Crippen LogP contribution in [-0.2, 0) is 15.0 Å². The van der Waals surface area contributed by atoms with Crippen LogP contribution in [0.1, 0.15) is 18.0 Å². The Hall–Kier alpha value is -2.76. The molecule has 1 aromatic heterocycles. The molecule has 4 rings (SSSR count). The Bertz CT molecular complexity index is 1040. The minimum absolute atomic E-state index is 0.0512. The number of rotatable bonds is 3. The van der Waals surface area contributed by atoms with E-state index < -0.39 is 51.8 Å². The highest BCUT2D eigenvalue weighted by Crippen LogP contribution is 2.55. The molecule has 0 radical (unpaired) electrons. The molecule has 1 aromatic carbocycles. The zero-order chi connectivity index (χ0) is 18.9. The van der Waals surface area contributed by atoms with Crippen molar-refractivity contribution in [1.29, 1.82) is 0 Å². The molecule has 0 spiro atoms. The second kappa shape index (κ2) is 5.13. The van der Waals surface area contributed by atoms with Gasteiger partial charge in [-0.15, -0.1) is 0 Å². The summed E-state index contributed by atoms with van der Waals surface area (Å²) in [4.78, 5) is 11.3. The van der Waals surface area contributed by atoms with E-state index in [1.165, 1.54) is 0 Å². The topological polar surface area (TPSA) is 113 Å². The largest absolute Gasteiger partial charge is 0.506 e. The Morgan fingerprint density at radius 1 is 1.38 bits per heavy atom. The van der Waals surface area contributed by atoms with Crippen molar-refractivity contribution < 1.29 is 36.0 Å². The van der Waals surface area contributed by atoms with E-state index in [0.717, 1.165) is 18.2 Å². The third kappa shape index (κ3) is 2.48. The second-order valence-corrected chi connectivity index (χ2v) is 7.56. The van der Waals surface area contributed by atoms with Gasteiger partial charge in [0.2, 0.25) is 0 Å². The number of benzene rings is 1. The van der Waals surface area contributed by atoms with Crippen LogP contribution >= 0.6 is 0 Å². The van der Waals surface area contributed by atoms with E-state index in [2.05, 4.69) is 5.16 Å². The molecule has 0 bridgehead atoms. The van der Waals surface area contributed by atoms with E-state index in [-0.39, 0.29) is 23.4 Å². The van der Waals surface area contributed by atoms with Gasteiger partial charge in [0.15, 0.2) is 11.6 Å². The van der Waals surface area contributed by atoms with Crippen molar-refractivity contribution >= 4 is 21.8 Å². The zero-order valence-corrected chi connectivity index (χ0v) is 13.6. The average molecular weight is 389 g/mol. The molecule has 138 valence electrons. The fourth-order valence-electron chi connectivity index (χ4n) is 2.74. The van der Waals surface area contributed by atoms with Crippen LogP contribution in [0.2, 0.25) is 0 Å². The highest BCUT2D eigenvalue weighted by molar-refractivity contribution is 7.92. The molecule has 1 saturated heterocycles. The highest BCUT2D eigenvalue weighted by atomic mass is 32.2. The first-order chi connectivity index (χ1) is 12.1. The predicted octanol–water partition coefficient (Wildman–Crippen LogP) is 1.49. The number of carbonyl (C=O) groups excluding carboxylic acids is 1. The quantitative estimate of drug-likeness (QED) is 0.823. The molecule has 2 fully saturated rings. The Morgan fingerprint density at radius 2 is 2.08 bits per heavy atom. The average Bonchev–Trinajstić information content (AvgIpc) is 2.87. The molecule has 2 heterocycles. The Morgan fingerprint density at radius 3 is 2.65 bits per heavy atom. The Labute approximate surface area is 144 Å². The van der Waals surface area contributed by atoms with Gasteiger partial charge in [0.05, 0.1) is 17.2 Å². The zero-order valence-electron chi connectivity index (χ0n) is 12.7. The van der Waals surface area contributed by atoms with E-state index in [1.54, 1.807) is 4.72 Å². The SMILES string of the molecule is O=C1CN(c2c(O)ccc(-c3cc(C4CC4(F)F)no3)c2F)S(=O)(=O)N1. The lowest BCUT2D eigenvalue weighted by atomic mass is 10.1. The van der Waals surface area contributed by atoms with Gasteiger partial charge in [0.25, 0.3) is 11.8 Å². The summed E-state index contributed by atoms with van der Waals surface area (Å²) in [6.45, 7) is -0.716. The first kappa shape index (κ1) is 16.7. The van der Waals surface area contributed by atoms with Gasteiger partial charge in [0.1, 0.15) is 18.0 Å². The summed E-state index contributed by atoms with van der Waals surface area (Å²) in [6.07, 6.45) is -0.387. The number of amides is 1. The van der Waals surface area contributed by atoms with Gasteiger partial charge >= 0.3 is 10.2 Å². The Balaban J connectivity index is 1.77. The number of phenols is 1. The van der Waals surface area contributed by atoms with Crippen LogP contribution in [0.25, 0.3) is 11.3 Å². The molecule has 2 N–H and O–H groups in total. The van der Waals surface area contributed by atoms with Gasteiger partial charge < -0.3 is 9.63 Å². The number of aromatic hydroxyl groups is 1. The summed E-state index contributed by atoms with van der Waals surface area (Å²) in [5.41, 5.74) is -1.10. The van der Waals surface area contributed by atoms with E-state index in [9.17, 15) is 31.5 Å². The number of nitrogens with one attached hydrogen (secondary N) is 1. The van der Waals surface area contributed by atoms with Crippen LogP contribution in [0.15, 0.2) is 22.7 Å². The number of alkyl halides is 2. The molecule has 12 heteroatoms. The van der Waals surface area contributed by atoms with Crippen molar-refractivity contribution in [2.75, 3.05) is 10.8 Å². The minimum Gasteiger partial charge on any atom is -0.506 e. The molecule has 8 nitrogen and oxygen atoms in total. The summed E-state index contributed by atoms with van der Waals surface area (Å²) in [5.74, 6) is -7.03. The monoisotopic (exact) mass is 389 g/mol. The van der Waals surface area contributed by atoms with Crippen LogP contribution in [0.3, 0.4) is 0 Å². The van der Waals surface area contributed by atoms with Crippen molar-refractivity contribution in [3.8, 4) is 17.1 Å². The third-order valence-electron chi connectivity index (χ3n) is 4.14. The van der Waals surface area contributed by atoms with Gasteiger partial charge in [-0.2, -0.15) is 8.42 Å². The van der Waals surface area contributed by atoms with E-state index >= 15 is 0 Å². The summed E-state index contributed by atoms with van der Waals surface area (Å²) in [6, 6.07) is 3.22. The van der Waals surface area contributed by atoms with E-state index in [4.69, 9.17) is 4.52 Å². The van der Waals surface area contributed by atoms with Crippen molar-refractivity contribution in [2.45, 2.75) is 18.3 Å². The first-order valence-electron chi connectivity index (χ1n) is 7.30. The number of halogens is 3. The van der Waals surface area contributed by atoms with Crippen molar-refractivity contribution in [3.05, 3.63) is 29.7 Å². The number of hydrogen-bond acceptors (Lipinski definition) is 6. The smallest absolute Gasteiger partial charge is 0.326 e. The van der Waals surface area contributed by atoms with Gasteiger partial charge in [-0.05, 0) is 12.1 Å². The van der Waals surface area contributed by atoms with Gasteiger partial charge in [-0.25, -0.2) is 22.2 Å². The lowest BCUT2D eigenvalue weighted by Gasteiger charge is -2.17. The number of hydrogen-bond donors (Lipinski definition) is 2. The second-order valence-electron chi connectivity index (χ2n) is 5.97. The fraction of sp³-hybridized carbons (Fsp3) is 0.286. The summed E-state index contributed by atoms with van der Waals surface area (Å²) < 4.78 is 71.8. The fourth-order valence-corrected chi connectivity index (χ4v) is 3.91. The molecular weight excluding hydrogens is 379 g/mol. The van der Waals surface area contributed by atoms with Crippen LogP contribution in [-0.4, -0.2) is 37.1 Å². The summed E-state index contributed by atoms with van der Waals surface area (Å²) in [5, 5.41) is 13.4. The molecular formula is C14H10F3N3O5S. The molecule has 1 unspecified atom stereocenters. The number of phenolic OH excluding ortho intramolecular Hbond substituents is 1. The maximum absolute atomic E-state index is 14.9. The number of aromatic nitrogens is 1. The lowest BCUT2D eigenvalue weighted by molar-refractivity contribution is -0.117. The highest BCUT2D eigenvalue weighted by Gasteiger charge is 2.59. The summed E-state index contributed by atoms with van der Waals surface area (Å²) in [7, 11) is -4.36. The Kier molecular flexibility index (Phi) is 3.29. The number of nitrogens with zero attached hydrogens (tertiary/aromatic N) is 2. The maximum Gasteiger partial charge on any atom is 0.326 e. The normalized spacial score (nSPS) is 23.1. The maximum atomic E-state index is 14.9. The molecule has 1 amide bonds. The van der Waals surface area contributed by atoms with Gasteiger partial charge in [0, 0.05) is 12.5 Å². The number of anilines is 1.